The lowest BCUT2D eigenvalue weighted by Crippen LogP contribution is -1.69. The highest BCUT2D eigenvalue weighted by molar-refractivity contribution is 5.21. The molecule has 16 heavy (non-hydrogen) atoms. The Hall–Kier alpha value is -1.04. The maximum absolute atomic E-state index is 3.67. The molecule has 0 unspecified atom stereocenters. The molecule has 0 atom stereocenters. The van der Waals surface area contributed by atoms with Crippen molar-refractivity contribution in [1.82, 2.24) is 0 Å². The summed E-state index contributed by atoms with van der Waals surface area (Å²) in [6, 6.07) is 0. The first-order chi connectivity index (χ1) is 7.62. The van der Waals surface area contributed by atoms with Gasteiger partial charge >= 0.3 is 0 Å². The van der Waals surface area contributed by atoms with Crippen LogP contribution in [0.15, 0.2) is 48.1 Å². The van der Waals surface area contributed by atoms with Crippen LogP contribution in [-0.2, 0) is 0 Å². The molecule has 0 rings (SSSR count). The van der Waals surface area contributed by atoms with E-state index in [-0.39, 0.29) is 0 Å². The molecule has 0 aromatic rings. The van der Waals surface area contributed by atoms with Crippen LogP contribution in [0.1, 0.15) is 54.9 Å². The molecule has 0 aromatic heterocycles. The molecular weight excluding hydrogens is 192 g/mol. The van der Waals surface area contributed by atoms with Gasteiger partial charge in [0.25, 0.3) is 0 Å². The second kappa shape index (κ2) is 19.5. The predicted molar refractivity (Wildman–Crippen MR) is 79.8 cm³/mol. The van der Waals surface area contributed by atoms with Crippen LogP contribution in [0, 0.1) is 0 Å². The molecule has 0 aromatic carbocycles. The molecule has 0 N–H and O–H groups in total. The molecule has 0 bridgehead atoms. The van der Waals surface area contributed by atoms with Crippen LogP contribution in [0.4, 0.5) is 0 Å². The average molecular weight is 222 g/mol. The molecule has 0 amide bonds. The van der Waals surface area contributed by atoms with Gasteiger partial charge in [0.2, 0.25) is 0 Å². The van der Waals surface area contributed by atoms with Crippen LogP contribution in [0.2, 0.25) is 0 Å². The SMILES string of the molecule is C=C/C(C)=C\C=C(\C)CC.CC.CC=CC. The Morgan fingerprint density at radius 3 is 1.69 bits per heavy atom. The molecule has 0 fully saturated rings. The largest absolute Gasteiger partial charge is 0.0988 e. The van der Waals surface area contributed by atoms with E-state index in [0.717, 1.165) is 6.42 Å². The van der Waals surface area contributed by atoms with E-state index < -0.39 is 0 Å². The van der Waals surface area contributed by atoms with E-state index in [0.29, 0.717) is 0 Å². The lowest BCUT2D eigenvalue weighted by molar-refractivity contribution is 1.10. The molecule has 0 aliphatic carbocycles. The van der Waals surface area contributed by atoms with E-state index in [1.165, 1.54) is 11.1 Å². The topological polar surface area (TPSA) is 0 Å². The third-order valence-electron chi connectivity index (χ3n) is 1.84. The van der Waals surface area contributed by atoms with Gasteiger partial charge in [0.15, 0.2) is 0 Å². The Bertz CT molecular complexity index is 210. The van der Waals surface area contributed by atoms with Gasteiger partial charge in [-0.15, -0.1) is 0 Å². The lowest BCUT2D eigenvalue weighted by Gasteiger charge is -1.90. The zero-order chi connectivity index (χ0) is 13.4. The van der Waals surface area contributed by atoms with Crippen molar-refractivity contribution in [2.45, 2.75) is 54.9 Å². The summed E-state index contributed by atoms with van der Waals surface area (Å²) in [6.07, 6.45) is 11.2. The highest BCUT2D eigenvalue weighted by Gasteiger charge is 1.79. The standard InChI is InChI=1S/C10H16.C4H8.C2H6/c1-5-9(3)7-8-10(4)6-2;1-3-4-2;1-2/h5,7-8H,1,6H2,2-4H3;3-4H,1-2H3;1-2H3/b9-7-,10-8-;;. The second-order valence-corrected chi connectivity index (χ2v) is 3.15. The third kappa shape index (κ3) is 23.1. The van der Waals surface area contributed by atoms with E-state index >= 15 is 0 Å². The molecule has 0 aliphatic rings. The van der Waals surface area contributed by atoms with Crippen LogP contribution in [0.5, 0.6) is 0 Å². The minimum absolute atomic E-state index is 1.13. The van der Waals surface area contributed by atoms with E-state index in [1.54, 1.807) is 0 Å². The highest BCUT2D eigenvalue weighted by atomic mass is 13.9. The quantitative estimate of drug-likeness (QED) is 0.401. The summed E-state index contributed by atoms with van der Waals surface area (Å²) in [5.74, 6) is 0. The molecule has 0 saturated heterocycles. The van der Waals surface area contributed by atoms with Gasteiger partial charge in [0.05, 0.1) is 0 Å². The highest BCUT2D eigenvalue weighted by Crippen LogP contribution is 2.00. The van der Waals surface area contributed by atoms with E-state index in [1.807, 2.05) is 52.8 Å². The van der Waals surface area contributed by atoms with Crippen molar-refractivity contribution in [3.63, 3.8) is 0 Å². The molecule has 0 heteroatoms. The smallest absolute Gasteiger partial charge is 0.0349 e. The Kier molecular flexibility index (Phi) is 24.9. The van der Waals surface area contributed by atoms with Gasteiger partial charge in [-0.3, -0.25) is 0 Å². The summed E-state index contributed by atoms with van der Waals surface area (Å²) < 4.78 is 0. The van der Waals surface area contributed by atoms with Gasteiger partial charge in [0, 0.05) is 0 Å². The van der Waals surface area contributed by atoms with E-state index in [2.05, 4.69) is 32.6 Å². The fourth-order valence-corrected chi connectivity index (χ4v) is 0.460. The maximum Gasteiger partial charge on any atom is -0.0349 e. The normalized spacial score (nSPS) is 11.2. The Labute approximate surface area is 103 Å². The van der Waals surface area contributed by atoms with Gasteiger partial charge in [-0.2, -0.15) is 0 Å². The van der Waals surface area contributed by atoms with Gasteiger partial charge < -0.3 is 0 Å². The molecule has 0 heterocycles. The molecule has 0 radical (unpaired) electrons. The van der Waals surface area contributed by atoms with Gasteiger partial charge in [-0.05, 0) is 34.1 Å². The summed E-state index contributed by atoms with van der Waals surface area (Å²) in [7, 11) is 0. The first kappa shape index (κ1) is 20.4. The summed E-state index contributed by atoms with van der Waals surface area (Å²) in [6.45, 7) is 18.0. The maximum atomic E-state index is 3.67. The van der Waals surface area contributed by atoms with Crippen molar-refractivity contribution in [2.24, 2.45) is 0 Å². The first-order valence-corrected chi connectivity index (χ1v) is 6.16. The predicted octanol–water partition coefficient (Wildman–Crippen LogP) is 6.08. The van der Waals surface area contributed by atoms with E-state index in [4.69, 9.17) is 0 Å². The Balaban J connectivity index is -0.000000237. The van der Waals surface area contributed by atoms with Gasteiger partial charge in [-0.1, -0.05) is 68.9 Å². The summed E-state index contributed by atoms with van der Waals surface area (Å²) in [5.41, 5.74) is 2.62. The molecule has 0 saturated carbocycles. The minimum Gasteiger partial charge on any atom is -0.0988 e. The minimum atomic E-state index is 1.13. The number of hydrogen-bond donors (Lipinski definition) is 0. The van der Waals surface area contributed by atoms with Crippen molar-refractivity contribution in [2.75, 3.05) is 0 Å². The molecule has 0 spiro atoms. The third-order valence-corrected chi connectivity index (χ3v) is 1.84. The summed E-state index contributed by atoms with van der Waals surface area (Å²) in [4.78, 5) is 0. The van der Waals surface area contributed by atoms with Crippen molar-refractivity contribution in [1.29, 1.82) is 0 Å². The van der Waals surface area contributed by atoms with Gasteiger partial charge in [-0.25, -0.2) is 0 Å². The first-order valence-electron chi connectivity index (χ1n) is 6.16. The van der Waals surface area contributed by atoms with Crippen LogP contribution < -0.4 is 0 Å². The van der Waals surface area contributed by atoms with Crippen molar-refractivity contribution in [3.05, 3.63) is 48.1 Å². The zero-order valence-electron chi connectivity index (χ0n) is 12.3. The zero-order valence-corrected chi connectivity index (χ0v) is 12.3. The van der Waals surface area contributed by atoms with Crippen molar-refractivity contribution in [3.8, 4) is 0 Å². The van der Waals surface area contributed by atoms with Crippen molar-refractivity contribution < 1.29 is 0 Å². The number of allylic oxidation sites excluding steroid dienone is 7. The molecular formula is C16H30. The van der Waals surface area contributed by atoms with Crippen molar-refractivity contribution >= 4 is 0 Å². The average Bonchev–Trinajstić information content (AvgIpc) is 2.37. The van der Waals surface area contributed by atoms with Crippen LogP contribution in [0.25, 0.3) is 0 Å². The van der Waals surface area contributed by atoms with Crippen LogP contribution in [0.3, 0.4) is 0 Å². The second-order valence-electron chi connectivity index (χ2n) is 3.15. The van der Waals surface area contributed by atoms with E-state index in [9.17, 15) is 0 Å². The lowest BCUT2D eigenvalue weighted by atomic mass is 10.2. The van der Waals surface area contributed by atoms with Gasteiger partial charge in [0.1, 0.15) is 0 Å². The summed E-state index contributed by atoms with van der Waals surface area (Å²) in [5, 5.41) is 0. The molecule has 0 aliphatic heterocycles. The molecule has 0 nitrogen and oxygen atoms in total. The number of rotatable bonds is 3. The molecule has 94 valence electrons. The Morgan fingerprint density at radius 2 is 1.44 bits per heavy atom. The summed E-state index contributed by atoms with van der Waals surface area (Å²) >= 11 is 0. The van der Waals surface area contributed by atoms with Crippen LogP contribution in [-0.4, -0.2) is 0 Å². The fourth-order valence-electron chi connectivity index (χ4n) is 0.460. The Morgan fingerprint density at radius 1 is 1.00 bits per heavy atom. The van der Waals surface area contributed by atoms with Crippen LogP contribution >= 0.6 is 0 Å². The monoisotopic (exact) mass is 222 g/mol. The number of hydrogen-bond acceptors (Lipinski definition) is 0. The fraction of sp³-hybridized carbons (Fsp3) is 0.500.